The standard InChI is InChI=1S/C21H23ClN2O4/c1-2-15-6-3-4-7-18(15)24-19(25)14-28-20(26)8-5-13-23-21(27)16-9-11-17(22)12-10-16/h3-4,6-7,9-12H,2,5,8,13-14H2,1H3,(H,23,27)(H,24,25). The third kappa shape index (κ3) is 7.04. The summed E-state index contributed by atoms with van der Waals surface area (Å²) in [6.07, 6.45) is 1.32. The highest BCUT2D eigenvalue weighted by Gasteiger charge is 2.10. The average molecular weight is 403 g/mol. The molecule has 28 heavy (non-hydrogen) atoms. The molecular weight excluding hydrogens is 380 g/mol. The van der Waals surface area contributed by atoms with Gasteiger partial charge in [-0.3, -0.25) is 14.4 Å². The highest BCUT2D eigenvalue weighted by molar-refractivity contribution is 6.30. The van der Waals surface area contributed by atoms with Crippen molar-refractivity contribution in [3.05, 3.63) is 64.7 Å². The van der Waals surface area contributed by atoms with Gasteiger partial charge in [0.1, 0.15) is 0 Å². The van der Waals surface area contributed by atoms with Crippen LogP contribution in [0.3, 0.4) is 0 Å². The van der Waals surface area contributed by atoms with Crippen molar-refractivity contribution in [2.75, 3.05) is 18.5 Å². The summed E-state index contributed by atoms with van der Waals surface area (Å²) >= 11 is 5.78. The van der Waals surface area contributed by atoms with Gasteiger partial charge in [0.25, 0.3) is 11.8 Å². The Morgan fingerprint density at radius 2 is 1.75 bits per heavy atom. The maximum absolute atomic E-state index is 11.9. The Bertz CT molecular complexity index is 821. The third-order valence-corrected chi connectivity index (χ3v) is 4.24. The number of nitrogens with one attached hydrogen (secondary N) is 2. The van der Waals surface area contributed by atoms with Gasteiger partial charge < -0.3 is 15.4 Å². The number of hydrogen-bond acceptors (Lipinski definition) is 4. The molecule has 2 aromatic carbocycles. The lowest BCUT2D eigenvalue weighted by molar-refractivity contribution is -0.147. The molecule has 6 nitrogen and oxygen atoms in total. The fourth-order valence-electron chi connectivity index (χ4n) is 2.49. The predicted molar refractivity (Wildman–Crippen MR) is 108 cm³/mol. The van der Waals surface area contributed by atoms with Crippen molar-refractivity contribution in [3.8, 4) is 0 Å². The molecule has 0 aliphatic rings. The molecule has 0 heterocycles. The minimum Gasteiger partial charge on any atom is -0.456 e. The number of rotatable bonds is 9. The van der Waals surface area contributed by atoms with E-state index in [1.165, 1.54) is 0 Å². The lowest BCUT2D eigenvalue weighted by atomic mass is 10.1. The molecule has 0 aromatic heterocycles. The van der Waals surface area contributed by atoms with Crippen LogP contribution in [0.15, 0.2) is 48.5 Å². The zero-order chi connectivity index (χ0) is 20.4. The summed E-state index contributed by atoms with van der Waals surface area (Å²) in [5, 5.41) is 6.01. The SMILES string of the molecule is CCc1ccccc1NC(=O)COC(=O)CCCNC(=O)c1ccc(Cl)cc1. The van der Waals surface area contributed by atoms with E-state index < -0.39 is 5.97 Å². The van der Waals surface area contributed by atoms with E-state index in [0.717, 1.165) is 17.7 Å². The van der Waals surface area contributed by atoms with Gasteiger partial charge in [-0.25, -0.2) is 0 Å². The zero-order valence-electron chi connectivity index (χ0n) is 15.7. The Kier molecular flexibility index (Phi) is 8.49. The normalized spacial score (nSPS) is 10.2. The predicted octanol–water partition coefficient (Wildman–Crippen LogP) is 3.59. The first-order valence-corrected chi connectivity index (χ1v) is 9.44. The first kappa shape index (κ1) is 21.4. The number of halogens is 1. The lowest BCUT2D eigenvalue weighted by Crippen LogP contribution is -2.25. The van der Waals surface area contributed by atoms with Crippen LogP contribution in [0, 0.1) is 0 Å². The van der Waals surface area contributed by atoms with E-state index >= 15 is 0 Å². The van der Waals surface area contributed by atoms with Gasteiger partial charge in [-0.05, 0) is 48.7 Å². The molecule has 148 valence electrons. The molecule has 0 saturated carbocycles. The summed E-state index contributed by atoms with van der Waals surface area (Å²) in [6, 6.07) is 14.0. The quantitative estimate of drug-likeness (QED) is 0.495. The maximum Gasteiger partial charge on any atom is 0.306 e. The number of carbonyl (C=O) groups excluding carboxylic acids is 3. The first-order chi connectivity index (χ1) is 13.5. The van der Waals surface area contributed by atoms with Crippen molar-refractivity contribution in [2.24, 2.45) is 0 Å². The van der Waals surface area contributed by atoms with Crippen molar-refractivity contribution >= 4 is 35.1 Å². The second-order valence-corrected chi connectivity index (χ2v) is 6.52. The van der Waals surface area contributed by atoms with Gasteiger partial charge in [0.05, 0.1) is 0 Å². The van der Waals surface area contributed by atoms with E-state index in [4.69, 9.17) is 16.3 Å². The van der Waals surface area contributed by atoms with Crippen molar-refractivity contribution < 1.29 is 19.1 Å². The summed E-state index contributed by atoms with van der Waals surface area (Å²) in [4.78, 5) is 35.6. The van der Waals surface area contributed by atoms with Crippen LogP contribution < -0.4 is 10.6 Å². The van der Waals surface area contributed by atoms with E-state index in [2.05, 4.69) is 10.6 Å². The number of para-hydroxylation sites is 1. The molecule has 0 unspecified atom stereocenters. The molecule has 0 saturated heterocycles. The summed E-state index contributed by atoms with van der Waals surface area (Å²) in [6.45, 7) is 1.98. The van der Waals surface area contributed by atoms with E-state index in [0.29, 0.717) is 23.6 Å². The van der Waals surface area contributed by atoms with Crippen LogP contribution in [0.4, 0.5) is 5.69 Å². The second kappa shape index (κ2) is 11.1. The molecule has 2 aromatic rings. The smallest absolute Gasteiger partial charge is 0.306 e. The highest BCUT2D eigenvalue weighted by atomic mass is 35.5. The number of anilines is 1. The Morgan fingerprint density at radius 3 is 2.46 bits per heavy atom. The van der Waals surface area contributed by atoms with Crippen LogP contribution in [-0.4, -0.2) is 30.9 Å². The van der Waals surface area contributed by atoms with E-state index in [-0.39, 0.29) is 24.8 Å². The molecule has 0 fully saturated rings. The van der Waals surface area contributed by atoms with Crippen molar-refractivity contribution in [1.82, 2.24) is 5.32 Å². The Labute approximate surface area is 169 Å². The molecule has 7 heteroatoms. The molecule has 0 radical (unpaired) electrons. The number of esters is 1. The van der Waals surface area contributed by atoms with E-state index in [9.17, 15) is 14.4 Å². The van der Waals surface area contributed by atoms with Crippen molar-refractivity contribution in [1.29, 1.82) is 0 Å². The summed E-state index contributed by atoms with van der Waals surface area (Å²) in [7, 11) is 0. The van der Waals surface area contributed by atoms with Gasteiger partial charge in [0.2, 0.25) is 0 Å². The topological polar surface area (TPSA) is 84.5 Å². The fourth-order valence-corrected chi connectivity index (χ4v) is 2.62. The number of amides is 2. The third-order valence-electron chi connectivity index (χ3n) is 3.99. The molecule has 0 bridgehead atoms. The number of aryl methyl sites for hydroxylation is 1. The number of ether oxygens (including phenoxy) is 1. The van der Waals surface area contributed by atoms with Gasteiger partial charge in [0.15, 0.2) is 6.61 Å². The maximum atomic E-state index is 11.9. The van der Waals surface area contributed by atoms with Crippen LogP contribution in [0.1, 0.15) is 35.7 Å². The van der Waals surface area contributed by atoms with Gasteiger partial charge in [-0.1, -0.05) is 36.7 Å². The fraction of sp³-hybridized carbons (Fsp3) is 0.286. The average Bonchev–Trinajstić information content (AvgIpc) is 2.70. The van der Waals surface area contributed by atoms with Gasteiger partial charge in [-0.15, -0.1) is 0 Å². The summed E-state index contributed by atoms with van der Waals surface area (Å²) in [5.74, 6) is -1.11. The molecule has 2 amide bonds. The molecule has 0 spiro atoms. The second-order valence-electron chi connectivity index (χ2n) is 6.09. The number of benzene rings is 2. The van der Waals surface area contributed by atoms with Crippen molar-refractivity contribution in [2.45, 2.75) is 26.2 Å². The van der Waals surface area contributed by atoms with Crippen LogP contribution in [-0.2, 0) is 20.7 Å². The van der Waals surface area contributed by atoms with Crippen LogP contribution in [0.5, 0.6) is 0 Å². The monoisotopic (exact) mass is 402 g/mol. The van der Waals surface area contributed by atoms with Gasteiger partial charge in [0, 0.05) is 29.2 Å². The molecular formula is C21H23ClN2O4. The Hall–Kier alpha value is -2.86. The van der Waals surface area contributed by atoms with E-state index in [1.807, 2.05) is 31.2 Å². The summed E-state index contributed by atoms with van der Waals surface area (Å²) < 4.78 is 4.98. The van der Waals surface area contributed by atoms with Crippen LogP contribution >= 0.6 is 11.6 Å². The van der Waals surface area contributed by atoms with Crippen LogP contribution in [0.25, 0.3) is 0 Å². The van der Waals surface area contributed by atoms with E-state index in [1.54, 1.807) is 24.3 Å². The molecule has 0 aliphatic carbocycles. The first-order valence-electron chi connectivity index (χ1n) is 9.06. The molecule has 0 atom stereocenters. The molecule has 2 N–H and O–H groups in total. The molecule has 0 aliphatic heterocycles. The summed E-state index contributed by atoms with van der Waals surface area (Å²) in [5.41, 5.74) is 2.23. The minimum atomic E-state index is -0.486. The van der Waals surface area contributed by atoms with Crippen molar-refractivity contribution in [3.63, 3.8) is 0 Å². The Morgan fingerprint density at radius 1 is 1.04 bits per heavy atom. The van der Waals surface area contributed by atoms with Crippen LogP contribution in [0.2, 0.25) is 5.02 Å². The van der Waals surface area contributed by atoms with Gasteiger partial charge in [-0.2, -0.15) is 0 Å². The number of carbonyl (C=O) groups is 3. The molecule has 2 rings (SSSR count). The number of hydrogen-bond donors (Lipinski definition) is 2. The highest BCUT2D eigenvalue weighted by Crippen LogP contribution is 2.15. The Balaban J connectivity index is 1.63. The van der Waals surface area contributed by atoms with Gasteiger partial charge >= 0.3 is 5.97 Å². The largest absolute Gasteiger partial charge is 0.456 e. The lowest BCUT2D eigenvalue weighted by Gasteiger charge is -2.10. The minimum absolute atomic E-state index is 0.111. The zero-order valence-corrected chi connectivity index (χ0v) is 16.4.